The highest BCUT2D eigenvalue weighted by Crippen LogP contribution is 2.32. The number of hydrogen-bond acceptors (Lipinski definition) is 5. The van der Waals surface area contributed by atoms with Gasteiger partial charge in [0.1, 0.15) is 5.75 Å². The minimum absolute atomic E-state index is 0.0757. The molecule has 2 unspecified atom stereocenters. The largest absolute Gasteiger partial charge is 0.496 e. The number of benzene rings is 2. The van der Waals surface area contributed by atoms with Gasteiger partial charge in [-0.2, -0.15) is 0 Å². The zero-order valence-corrected chi connectivity index (χ0v) is 19.6. The predicted octanol–water partition coefficient (Wildman–Crippen LogP) is 5.11. The normalized spacial score (nSPS) is 18.9. The number of hydrogen-bond donors (Lipinski definition) is 1. The quantitative estimate of drug-likeness (QED) is 0.368. The lowest BCUT2D eigenvalue weighted by Gasteiger charge is -2.42. The average molecular weight is 439 g/mol. The summed E-state index contributed by atoms with van der Waals surface area (Å²) in [7, 11) is 1.73. The van der Waals surface area contributed by atoms with Crippen LogP contribution in [-0.4, -0.2) is 43.7 Å². The monoisotopic (exact) mass is 438 g/mol. The number of nitrogens with one attached hydrogen (secondary N) is 1. The lowest BCUT2D eigenvalue weighted by molar-refractivity contribution is -0.143. The zero-order valence-electron chi connectivity index (χ0n) is 19.6. The van der Waals surface area contributed by atoms with Gasteiger partial charge in [0, 0.05) is 24.6 Å². The highest BCUT2D eigenvalue weighted by molar-refractivity contribution is 5.69. The Morgan fingerprint density at radius 3 is 2.62 bits per heavy atom. The van der Waals surface area contributed by atoms with Crippen LogP contribution in [0.15, 0.2) is 54.6 Å². The van der Waals surface area contributed by atoms with E-state index in [1.54, 1.807) is 7.11 Å². The molecule has 2 aromatic rings. The summed E-state index contributed by atoms with van der Waals surface area (Å²) in [4.78, 5) is 14.2. The van der Waals surface area contributed by atoms with Crippen molar-refractivity contribution >= 4 is 5.97 Å². The number of rotatable bonds is 12. The van der Waals surface area contributed by atoms with Crippen LogP contribution in [0.2, 0.25) is 0 Å². The van der Waals surface area contributed by atoms with Crippen LogP contribution in [0, 0.1) is 0 Å². The van der Waals surface area contributed by atoms with Crippen molar-refractivity contribution in [2.45, 2.75) is 64.1 Å². The summed E-state index contributed by atoms with van der Waals surface area (Å²) in [6.07, 6.45) is 5.93. The Morgan fingerprint density at radius 1 is 1.06 bits per heavy atom. The van der Waals surface area contributed by atoms with Crippen LogP contribution >= 0.6 is 0 Å². The van der Waals surface area contributed by atoms with E-state index in [4.69, 9.17) is 9.47 Å². The first kappa shape index (κ1) is 24.3. The van der Waals surface area contributed by atoms with Gasteiger partial charge in [0.2, 0.25) is 0 Å². The summed E-state index contributed by atoms with van der Waals surface area (Å²) in [5, 5.41) is 3.84. The van der Waals surface area contributed by atoms with Gasteiger partial charge in [-0.05, 0) is 57.3 Å². The maximum atomic E-state index is 11.6. The number of unbranched alkanes of at least 4 members (excludes halogenated alkanes) is 2. The molecular formula is C27H38N2O3. The number of likely N-dealkylation sites (tertiary alicyclic amines) is 1. The van der Waals surface area contributed by atoms with Crippen LogP contribution in [-0.2, 0) is 16.1 Å². The molecule has 0 radical (unpaired) electrons. The second-order valence-corrected chi connectivity index (χ2v) is 8.45. The molecule has 0 amide bonds. The van der Waals surface area contributed by atoms with Gasteiger partial charge in [-0.25, -0.2) is 0 Å². The fourth-order valence-electron chi connectivity index (χ4n) is 4.71. The Labute approximate surface area is 193 Å². The van der Waals surface area contributed by atoms with Crippen molar-refractivity contribution in [1.82, 2.24) is 10.2 Å². The number of carbonyl (C=O) groups is 1. The van der Waals surface area contributed by atoms with Crippen LogP contribution in [0.1, 0.15) is 62.6 Å². The SMILES string of the molecule is CCOC(=O)CCCCCN1CCCC(NCc2ccccc2OC)C1c1ccccc1. The van der Waals surface area contributed by atoms with Gasteiger partial charge in [0.05, 0.1) is 19.8 Å². The van der Waals surface area contributed by atoms with Gasteiger partial charge in [0.15, 0.2) is 0 Å². The second kappa shape index (κ2) is 13.2. The molecule has 1 N–H and O–H groups in total. The molecule has 174 valence electrons. The molecule has 0 aromatic heterocycles. The number of nitrogens with zero attached hydrogens (tertiary/aromatic N) is 1. The smallest absolute Gasteiger partial charge is 0.305 e. The summed E-state index contributed by atoms with van der Waals surface area (Å²) in [6.45, 7) is 5.29. The molecule has 1 heterocycles. The Hall–Kier alpha value is -2.37. The molecule has 1 saturated heterocycles. The zero-order chi connectivity index (χ0) is 22.6. The van der Waals surface area contributed by atoms with E-state index >= 15 is 0 Å². The van der Waals surface area contributed by atoms with Crippen molar-refractivity contribution in [3.63, 3.8) is 0 Å². The Kier molecular flexibility index (Phi) is 10.0. The molecule has 2 atom stereocenters. The van der Waals surface area contributed by atoms with Crippen LogP contribution in [0.5, 0.6) is 5.75 Å². The lowest BCUT2D eigenvalue weighted by Crippen LogP contribution is -2.48. The van der Waals surface area contributed by atoms with Crippen molar-refractivity contribution < 1.29 is 14.3 Å². The summed E-state index contributed by atoms with van der Waals surface area (Å²) < 4.78 is 10.6. The molecule has 3 rings (SSSR count). The molecule has 5 nitrogen and oxygen atoms in total. The van der Waals surface area contributed by atoms with Crippen molar-refractivity contribution in [2.24, 2.45) is 0 Å². The molecule has 1 aliphatic heterocycles. The molecule has 0 bridgehead atoms. The highest BCUT2D eigenvalue weighted by atomic mass is 16.5. The van der Waals surface area contributed by atoms with Gasteiger partial charge in [0.25, 0.3) is 0 Å². The molecule has 1 aliphatic rings. The molecule has 0 spiro atoms. The number of para-hydroxylation sites is 1. The maximum absolute atomic E-state index is 11.6. The minimum Gasteiger partial charge on any atom is -0.496 e. The third-order valence-corrected chi connectivity index (χ3v) is 6.25. The summed E-state index contributed by atoms with van der Waals surface area (Å²) in [5.41, 5.74) is 2.56. The van der Waals surface area contributed by atoms with Gasteiger partial charge >= 0.3 is 5.97 Å². The maximum Gasteiger partial charge on any atom is 0.305 e. The molecule has 32 heavy (non-hydrogen) atoms. The summed E-state index contributed by atoms with van der Waals surface area (Å²) >= 11 is 0. The first-order chi connectivity index (χ1) is 15.7. The van der Waals surface area contributed by atoms with Crippen LogP contribution in [0.4, 0.5) is 0 Å². The average Bonchev–Trinajstić information content (AvgIpc) is 2.83. The fraction of sp³-hybridized carbons (Fsp3) is 0.519. The summed E-state index contributed by atoms with van der Waals surface area (Å²) in [6, 6.07) is 19.8. The summed E-state index contributed by atoms with van der Waals surface area (Å²) in [5.74, 6) is 0.860. The first-order valence-corrected chi connectivity index (χ1v) is 12.0. The first-order valence-electron chi connectivity index (χ1n) is 12.0. The number of ether oxygens (including phenoxy) is 2. The number of piperidine rings is 1. The van der Waals surface area contributed by atoms with E-state index in [0.717, 1.165) is 51.1 Å². The van der Waals surface area contributed by atoms with Gasteiger partial charge in [-0.15, -0.1) is 0 Å². The van der Waals surface area contributed by atoms with Crippen LogP contribution in [0.3, 0.4) is 0 Å². The van der Waals surface area contributed by atoms with Gasteiger partial charge in [-0.3, -0.25) is 9.69 Å². The minimum atomic E-state index is -0.0757. The lowest BCUT2D eigenvalue weighted by atomic mass is 9.89. The molecule has 0 aliphatic carbocycles. The van der Waals surface area contributed by atoms with Gasteiger partial charge in [-0.1, -0.05) is 55.0 Å². The number of methoxy groups -OCH3 is 1. The van der Waals surface area contributed by atoms with E-state index in [1.165, 1.54) is 17.5 Å². The Bertz CT molecular complexity index is 812. The van der Waals surface area contributed by atoms with Crippen LogP contribution < -0.4 is 10.1 Å². The standard InChI is InChI=1S/C27H38N2O3/c1-3-32-26(30)18-8-5-11-19-29-20-12-16-24(27(29)22-13-6-4-7-14-22)28-21-23-15-9-10-17-25(23)31-2/h4,6-7,9-10,13-15,17,24,27-28H,3,5,8,11-12,16,18-21H2,1-2H3. The Morgan fingerprint density at radius 2 is 1.84 bits per heavy atom. The van der Waals surface area contributed by atoms with E-state index in [2.05, 4.69) is 52.7 Å². The molecular weight excluding hydrogens is 400 g/mol. The number of esters is 1. The third-order valence-electron chi connectivity index (χ3n) is 6.25. The topological polar surface area (TPSA) is 50.8 Å². The molecule has 0 saturated carbocycles. The van der Waals surface area contributed by atoms with Crippen molar-refractivity contribution in [2.75, 3.05) is 26.8 Å². The molecule has 5 heteroatoms. The van der Waals surface area contributed by atoms with Crippen molar-refractivity contribution in [1.29, 1.82) is 0 Å². The van der Waals surface area contributed by atoms with E-state index in [-0.39, 0.29) is 5.97 Å². The fourth-order valence-corrected chi connectivity index (χ4v) is 4.71. The van der Waals surface area contributed by atoms with E-state index in [1.807, 2.05) is 19.1 Å². The van der Waals surface area contributed by atoms with E-state index < -0.39 is 0 Å². The molecule has 1 fully saturated rings. The van der Waals surface area contributed by atoms with E-state index in [0.29, 0.717) is 25.1 Å². The van der Waals surface area contributed by atoms with E-state index in [9.17, 15) is 4.79 Å². The third kappa shape index (κ3) is 7.07. The second-order valence-electron chi connectivity index (χ2n) is 8.45. The Balaban J connectivity index is 1.61. The highest BCUT2D eigenvalue weighted by Gasteiger charge is 2.32. The van der Waals surface area contributed by atoms with Crippen molar-refractivity contribution in [3.8, 4) is 5.75 Å². The van der Waals surface area contributed by atoms with Crippen molar-refractivity contribution in [3.05, 3.63) is 65.7 Å². The predicted molar refractivity (Wildman–Crippen MR) is 129 cm³/mol. The van der Waals surface area contributed by atoms with Crippen LogP contribution in [0.25, 0.3) is 0 Å². The number of carbonyl (C=O) groups excluding carboxylic acids is 1. The molecule has 2 aromatic carbocycles. The van der Waals surface area contributed by atoms with Gasteiger partial charge < -0.3 is 14.8 Å².